The quantitative estimate of drug-likeness (QED) is 0.622. The molecule has 0 atom stereocenters. The van der Waals surface area contributed by atoms with Gasteiger partial charge >= 0.3 is 0 Å². The van der Waals surface area contributed by atoms with Crippen LogP contribution < -0.4 is 15.0 Å². The van der Waals surface area contributed by atoms with Crippen LogP contribution in [0.15, 0.2) is 24.3 Å². The summed E-state index contributed by atoms with van der Waals surface area (Å²) in [5.74, 6) is 0.701. The fourth-order valence-electron chi connectivity index (χ4n) is 3.32. The maximum atomic E-state index is 12.7. The number of nitrogens with one attached hydrogen (secondary N) is 1. The van der Waals surface area contributed by atoms with Gasteiger partial charge in [-0.2, -0.15) is 0 Å². The molecule has 2 heterocycles. The second-order valence-electron chi connectivity index (χ2n) is 6.84. The Labute approximate surface area is 162 Å². The lowest BCUT2D eigenvalue weighted by molar-refractivity contribution is -0.384. The second-order valence-corrected chi connectivity index (χ2v) is 6.84. The van der Waals surface area contributed by atoms with Crippen LogP contribution in [0.5, 0.6) is 5.75 Å². The first-order valence-electron chi connectivity index (χ1n) is 9.08. The van der Waals surface area contributed by atoms with E-state index >= 15 is 0 Å². The van der Waals surface area contributed by atoms with Gasteiger partial charge < -0.3 is 15.0 Å². The van der Waals surface area contributed by atoms with E-state index in [0.717, 1.165) is 11.4 Å². The van der Waals surface area contributed by atoms with Crippen molar-refractivity contribution in [3.63, 3.8) is 0 Å². The molecule has 1 fully saturated rings. The molecule has 0 bridgehead atoms. The number of anilines is 2. The average Bonchev–Trinajstić information content (AvgIpc) is 2.67. The van der Waals surface area contributed by atoms with E-state index in [2.05, 4.69) is 20.2 Å². The predicted molar refractivity (Wildman–Crippen MR) is 105 cm³/mol. The molecular formula is C19H23N5O4. The fourth-order valence-corrected chi connectivity index (χ4v) is 3.32. The number of hydrogen-bond donors (Lipinski definition) is 1. The molecule has 0 spiro atoms. The van der Waals surface area contributed by atoms with Crippen LogP contribution in [-0.2, 0) is 4.79 Å². The minimum absolute atomic E-state index is 0.0865. The first-order chi connectivity index (χ1) is 13.4. The number of rotatable bonds is 5. The Kier molecular flexibility index (Phi) is 5.72. The number of nitrogens with zero attached hydrogens (tertiary/aromatic N) is 4. The monoisotopic (exact) mass is 385 g/mol. The number of hydrogen-bond acceptors (Lipinski definition) is 7. The van der Waals surface area contributed by atoms with Gasteiger partial charge in [0, 0.05) is 36.5 Å². The molecule has 1 saturated heterocycles. The Morgan fingerprint density at radius 3 is 2.43 bits per heavy atom. The smallest absolute Gasteiger partial charge is 0.273 e. The third-order valence-electron chi connectivity index (χ3n) is 4.77. The SMILES string of the molecule is COc1cc([N+](=O)[O-])ccc1NC(=O)C1CCN(c2nc(C)cc(C)n2)CC1. The van der Waals surface area contributed by atoms with E-state index in [1.165, 1.54) is 25.3 Å². The van der Waals surface area contributed by atoms with Gasteiger partial charge in [-0.15, -0.1) is 0 Å². The van der Waals surface area contributed by atoms with Gasteiger partial charge in [0.2, 0.25) is 11.9 Å². The normalized spacial score (nSPS) is 14.6. The van der Waals surface area contributed by atoms with Gasteiger partial charge in [0.25, 0.3) is 5.69 Å². The molecule has 1 aromatic carbocycles. The van der Waals surface area contributed by atoms with E-state index in [1.807, 2.05) is 19.9 Å². The minimum Gasteiger partial charge on any atom is -0.494 e. The van der Waals surface area contributed by atoms with E-state index in [1.54, 1.807) is 0 Å². The molecule has 0 aliphatic carbocycles. The Morgan fingerprint density at radius 2 is 1.86 bits per heavy atom. The first kappa shape index (κ1) is 19.5. The molecule has 9 heteroatoms. The molecule has 0 unspecified atom stereocenters. The molecule has 1 aliphatic rings. The summed E-state index contributed by atoms with van der Waals surface area (Å²) in [6.45, 7) is 5.27. The average molecular weight is 385 g/mol. The summed E-state index contributed by atoms with van der Waals surface area (Å²) in [6, 6.07) is 6.07. The van der Waals surface area contributed by atoms with Crippen LogP contribution in [0, 0.1) is 29.9 Å². The van der Waals surface area contributed by atoms with E-state index in [-0.39, 0.29) is 23.3 Å². The summed E-state index contributed by atoms with van der Waals surface area (Å²) in [7, 11) is 1.41. The predicted octanol–water partition coefficient (Wildman–Crippen LogP) is 2.87. The highest BCUT2D eigenvalue weighted by Gasteiger charge is 2.27. The zero-order chi connectivity index (χ0) is 20.3. The van der Waals surface area contributed by atoms with Crippen molar-refractivity contribution in [1.82, 2.24) is 9.97 Å². The lowest BCUT2D eigenvalue weighted by Crippen LogP contribution is -2.39. The molecule has 148 valence electrons. The molecule has 1 aliphatic heterocycles. The number of carbonyl (C=O) groups is 1. The highest BCUT2D eigenvalue weighted by Crippen LogP contribution is 2.30. The van der Waals surface area contributed by atoms with Crippen LogP contribution in [0.25, 0.3) is 0 Å². The molecule has 1 aromatic heterocycles. The summed E-state index contributed by atoms with van der Waals surface area (Å²) >= 11 is 0. The van der Waals surface area contributed by atoms with E-state index < -0.39 is 4.92 Å². The molecule has 28 heavy (non-hydrogen) atoms. The van der Waals surface area contributed by atoms with Gasteiger partial charge in [-0.1, -0.05) is 0 Å². The number of piperidine rings is 1. The first-order valence-corrected chi connectivity index (χ1v) is 9.08. The molecule has 9 nitrogen and oxygen atoms in total. The lowest BCUT2D eigenvalue weighted by atomic mass is 9.96. The Balaban J connectivity index is 1.63. The van der Waals surface area contributed by atoms with E-state index in [9.17, 15) is 14.9 Å². The van der Waals surface area contributed by atoms with Crippen molar-refractivity contribution in [1.29, 1.82) is 0 Å². The maximum Gasteiger partial charge on any atom is 0.273 e. The van der Waals surface area contributed by atoms with Crippen molar-refractivity contribution in [3.8, 4) is 5.75 Å². The third kappa shape index (κ3) is 4.36. The van der Waals surface area contributed by atoms with Gasteiger partial charge in [0.05, 0.1) is 23.8 Å². The topological polar surface area (TPSA) is 110 Å². The fraction of sp³-hybridized carbons (Fsp3) is 0.421. The summed E-state index contributed by atoms with van der Waals surface area (Å²) in [5, 5.41) is 13.7. The number of aryl methyl sites for hydroxylation is 2. The number of nitro benzene ring substituents is 1. The summed E-state index contributed by atoms with van der Waals surface area (Å²) < 4.78 is 5.18. The van der Waals surface area contributed by atoms with Crippen molar-refractivity contribution in [2.75, 3.05) is 30.4 Å². The van der Waals surface area contributed by atoms with Crippen molar-refractivity contribution in [2.24, 2.45) is 5.92 Å². The summed E-state index contributed by atoms with van der Waals surface area (Å²) in [5.41, 5.74) is 2.19. The Hall–Kier alpha value is -3.23. The number of amides is 1. The van der Waals surface area contributed by atoms with Crippen LogP contribution in [0.3, 0.4) is 0 Å². The number of aromatic nitrogens is 2. The number of carbonyl (C=O) groups excluding carboxylic acids is 1. The van der Waals surface area contributed by atoms with E-state index in [0.29, 0.717) is 37.6 Å². The number of non-ortho nitro benzene ring substituents is 1. The third-order valence-corrected chi connectivity index (χ3v) is 4.77. The number of ether oxygens (including phenoxy) is 1. The van der Waals surface area contributed by atoms with Gasteiger partial charge in [-0.25, -0.2) is 9.97 Å². The molecule has 0 saturated carbocycles. The molecule has 0 radical (unpaired) electrons. The molecule has 1 amide bonds. The van der Waals surface area contributed by atoms with Crippen LogP contribution in [0.2, 0.25) is 0 Å². The highest BCUT2D eigenvalue weighted by atomic mass is 16.6. The Morgan fingerprint density at radius 1 is 1.21 bits per heavy atom. The number of methoxy groups -OCH3 is 1. The van der Waals surface area contributed by atoms with Gasteiger partial charge in [-0.3, -0.25) is 14.9 Å². The molecule has 1 N–H and O–H groups in total. The van der Waals surface area contributed by atoms with Crippen molar-refractivity contribution >= 4 is 23.2 Å². The summed E-state index contributed by atoms with van der Waals surface area (Å²) in [4.78, 5) is 34.1. The van der Waals surface area contributed by atoms with Gasteiger partial charge in [-0.05, 0) is 38.8 Å². The zero-order valence-electron chi connectivity index (χ0n) is 16.1. The largest absolute Gasteiger partial charge is 0.494 e. The summed E-state index contributed by atoms with van der Waals surface area (Å²) in [6.07, 6.45) is 1.36. The minimum atomic E-state index is -0.501. The van der Waals surface area contributed by atoms with Crippen molar-refractivity contribution in [2.45, 2.75) is 26.7 Å². The van der Waals surface area contributed by atoms with Crippen LogP contribution >= 0.6 is 0 Å². The number of benzene rings is 1. The van der Waals surface area contributed by atoms with Gasteiger partial charge in [0.1, 0.15) is 5.75 Å². The van der Waals surface area contributed by atoms with Crippen LogP contribution in [0.4, 0.5) is 17.3 Å². The molecular weight excluding hydrogens is 362 g/mol. The van der Waals surface area contributed by atoms with Gasteiger partial charge in [0.15, 0.2) is 0 Å². The van der Waals surface area contributed by atoms with E-state index in [4.69, 9.17) is 4.74 Å². The molecule has 3 rings (SSSR count). The van der Waals surface area contributed by atoms with Crippen LogP contribution in [0.1, 0.15) is 24.2 Å². The standard InChI is InChI=1S/C19H23N5O4/c1-12-10-13(2)21-19(20-12)23-8-6-14(7-9-23)18(25)22-16-5-4-15(24(26)27)11-17(16)28-3/h4-5,10-11,14H,6-9H2,1-3H3,(H,22,25). The lowest BCUT2D eigenvalue weighted by Gasteiger charge is -2.31. The Bertz CT molecular complexity index is 874. The van der Waals surface area contributed by atoms with Crippen LogP contribution in [-0.4, -0.2) is 41.0 Å². The molecule has 2 aromatic rings. The maximum absolute atomic E-state index is 12.7. The zero-order valence-corrected chi connectivity index (χ0v) is 16.1. The van der Waals surface area contributed by atoms with Crippen molar-refractivity contribution < 1.29 is 14.5 Å². The number of nitro groups is 1. The highest BCUT2D eigenvalue weighted by molar-refractivity contribution is 5.94. The second kappa shape index (κ2) is 8.20. The van der Waals surface area contributed by atoms with Crippen molar-refractivity contribution in [3.05, 3.63) is 45.8 Å².